The fourth-order valence-electron chi connectivity index (χ4n) is 4.31. The van der Waals surface area contributed by atoms with Crippen LogP contribution in [0.3, 0.4) is 0 Å². The topological polar surface area (TPSA) is 91.2 Å². The molecule has 1 aliphatic carbocycles. The molecule has 3 aromatic heterocycles. The number of carbonyl (C=O) groups is 1. The highest BCUT2D eigenvalue weighted by Crippen LogP contribution is 2.34. The number of nitrogens with one attached hydrogen (secondary N) is 1. The second-order valence-electron chi connectivity index (χ2n) is 8.60. The molecular weight excluding hydrogens is 486 g/mol. The summed E-state index contributed by atoms with van der Waals surface area (Å²) in [4.78, 5) is 21.9. The lowest BCUT2D eigenvalue weighted by molar-refractivity contribution is 0.0520. The highest BCUT2D eigenvalue weighted by molar-refractivity contribution is 9.10. The van der Waals surface area contributed by atoms with Crippen molar-refractivity contribution in [3.8, 4) is 5.82 Å². The maximum Gasteiger partial charge on any atom is 0.357 e. The molecule has 4 rings (SSSR count). The largest absolute Gasteiger partial charge is 0.461 e. The van der Waals surface area contributed by atoms with Crippen LogP contribution >= 0.6 is 15.9 Å². The first-order chi connectivity index (χ1) is 15.9. The Kier molecular flexibility index (Phi) is 7.29. The predicted molar refractivity (Wildman–Crippen MR) is 131 cm³/mol. The van der Waals surface area contributed by atoms with E-state index in [9.17, 15) is 4.79 Å². The molecule has 0 saturated heterocycles. The van der Waals surface area contributed by atoms with Crippen molar-refractivity contribution >= 4 is 38.6 Å². The van der Waals surface area contributed by atoms with Crippen molar-refractivity contribution in [3.63, 3.8) is 0 Å². The van der Waals surface area contributed by atoms with Gasteiger partial charge in [0, 0.05) is 18.8 Å². The highest BCUT2D eigenvalue weighted by Gasteiger charge is 2.26. The Morgan fingerprint density at radius 2 is 2.00 bits per heavy atom. The molecule has 8 nitrogen and oxygen atoms in total. The minimum absolute atomic E-state index is 0.154. The van der Waals surface area contributed by atoms with Crippen LogP contribution in [0.25, 0.3) is 16.9 Å². The Morgan fingerprint density at radius 3 is 2.64 bits per heavy atom. The fraction of sp³-hybridized carbons (Fsp3) is 0.500. The molecule has 0 unspecified atom stereocenters. The zero-order valence-electron chi connectivity index (χ0n) is 19.5. The van der Waals surface area contributed by atoms with Crippen LogP contribution in [0.15, 0.2) is 28.9 Å². The SMILES string of the molecule is CCOC(=O)c1cc(NC2CCC(OC)CC2)c2c(C(C)C)nn(-c3cccc(Br)n3)c2n1. The van der Waals surface area contributed by atoms with Gasteiger partial charge in [-0.25, -0.2) is 14.8 Å². The van der Waals surface area contributed by atoms with E-state index in [1.807, 2.05) is 18.2 Å². The van der Waals surface area contributed by atoms with Gasteiger partial charge in [0.15, 0.2) is 17.2 Å². The summed E-state index contributed by atoms with van der Waals surface area (Å²) < 4.78 is 13.2. The molecule has 9 heteroatoms. The number of nitrogens with zero attached hydrogens (tertiary/aromatic N) is 4. The number of carbonyl (C=O) groups excluding carboxylic acids is 1. The molecule has 1 aliphatic rings. The average molecular weight is 516 g/mol. The summed E-state index contributed by atoms with van der Waals surface area (Å²) in [6.07, 6.45) is 4.31. The first kappa shape index (κ1) is 23.6. The summed E-state index contributed by atoms with van der Waals surface area (Å²) in [5.41, 5.74) is 2.60. The van der Waals surface area contributed by atoms with Gasteiger partial charge in [-0.05, 0) is 72.7 Å². The molecule has 0 spiro atoms. The van der Waals surface area contributed by atoms with Crippen molar-refractivity contribution in [2.75, 3.05) is 19.0 Å². The van der Waals surface area contributed by atoms with Gasteiger partial charge in [0.05, 0.1) is 23.8 Å². The fourth-order valence-corrected chi connectivity index (χ4v) is 4.64. The van der Waals surface area contributed by atoms with E-state index in [0.29, 0.717) is 22.2 Å². The third-order valence-corrected chi connectivity index (χ3v) is 6.42. The second kappa shape index (κ2) is 10.2. The van der Waals surface area contributed by atoms with Crippen molar-refractivity contribution in [1.29, 1.82) is 0 Å². The number of esters is 1. The molecule has 3 aromatic rings. The normalized spacial score (nSPS) is 18.6. The molecule has 0 aliphatic heterocycles. The van der Waals surface area contributed by atoms with Gasteiger partial charge in [-0.15, -0.1) is 0 Å². The molecule has 0 atom stereocenters. The Balaban J connectivity index is 1.86. The van der Waals surface area contributed by atoms with Gasteiger partial charge in [0.2, 0.25) is 0 Å². The zero-order valence-corrected chi connectivity index (χ0v) is 21.1. The van der Waals surface area contributed by atoms with Crippen LogP contribution in [0.5, 0.6) is 0 Å². The van der Waals surface area contributed by atoms with E-state index in [4.69, 9.17) is 19.6 Å². The van der Waals surface area contributed by atoms with Crippen molar-refractivity contribution in [1.82, 2.24) is 19.7 Å². The molecule has 0 aromatic carbocycles. The molecule has 1 N–H and O–H groups in total. The van der Waals surface area contributed by atoms with E-state index in [2.05, 4.69) is 40.1 Å². The quantitative estimate of drug-likeness (QED) is 0.339. The maximum absolute atomic E-state index is 12.7. The van der Waals surface area contributed by atoms with Gasteiger partial charge in [-0.2, -0.15) is 9.78 Å². The van der Waals surface area contributed by atoms with Crippen LogP contribution in [0, 0.1) is 0 Å². The molecule has 176 valence electrons. The van der Waals surface area contributed by atoms with Crippen LogP contribution in [0.1, 0.15) is 68.6 Å². The van der Waals surface area contributed by atoms with Gasteiger partial charge in [-0.1, -0.05) is 19.9 Å². The number of rotatable bonds is 7. The van der Waals surface area contributed by atoms with E-state index in [-0.39, 0.29) is 24.3 Å². The van der Waals surface area contributed by atoms with Crippen molar-refractivity contribution in [2.24, 2.45) is 0 Å². The lowest BCUT2D eigenvalue weighted by atomic mass is 9.92. The minimum Gasteiger partial charge on any atom is -0.461 e. The van der Waals surface area contributed by atoms with Crippen molar-refractivity contribution in [2.45, 2.75) is 64.5 Å². The molecule has 1 fully saturated rings. The number of anilines is 1. The van der Waals surface area contributed by atoms with Crippen LogP contribution in [-0.2, 0) is 9.47 Å². The number of halogens is 1. The number of pyridine rings is 2. The van der Waals surface area contributed by atoms with E-state index < -0.39 is 5.97 Å². The van der Waals surface area contributed by atoms with E-state index in [1.54, 1.807) is 24.8 Å². The summed E-state index contributed by atoms with van der Waals surface area (Å²) in [7, 11) is 1.77. The third-order valence-electron chi connectivity index (χ3n) is 5.98. The second-order valence-corrected chi connectivity index (χ2v) is 9.41. The number of hydrogen-bond acceptors (Lipinski definition) is 7. The highest BCUT2D eigenvalue weighted by atomic mass is 79.9. The predicted octanol–water partition coefficient (Wildman–Crippen LogP) is 5.25. The molecule has 33 heavy (non-hydrogen) atoms. The number of fused-ring (bicyclic) bond motifs is 1. The monoisotopic (exact) mass is 515 g/mol. The first-order valence-electron chi connectivity index (χ1n) is 11.4. The van der Waals surface area contributed by atoms with Gasteiger partial charge in [0.1, 0.15) is 4.60 Å². The molecule has 0 bridgehead atoms. The lowest BCUT2D eigenvalue weighted by Crippen LogP contribution is -2.29. The van der Waals surface area contributed by atoms with Gasteiger partial charge in [0.25, 0.3) is 0 Å². The zero-order chi connectivity index (χ0) is 23.5. The Bertz CT molecular complexity index is 1140. The third kappa shape index (κ3) is 5.04. The van der Waals surface area contributed by atoms with Crippen LogP contribution in [-0.4, -0.2) is 51.6 Å². The first-order valence-corrected chi connectivity index (χ1v) is 12.2. The standard InChI is InChI=1S/C24H30BrN5O3/c1-5-33-24(31)18-13-17(26-15-9-11-16(32-4)12-10-15)21-22(14(2)3)29-30(23(21)27-18)20-8-6-7-19(25)28-20/h6-8,13-16H,5,9-12H2,1-4H3,(H,26,27). The molecule has 3 heterocycles. The molecular formula is C24H30BrN5O3. The molecule has 0 amide bonds. The smallest absolute Gasteiger partial charge is 0.357 e. The van der Waals surface area contributed by atoms with Gasteiger partial charge >= 0.3 is 5.97 Å². The average Bonchev–Trinajstić information content (AvgIpc) is 3.20. The minimum atomic E-state index is -0.452. The van der Waals surface area contributed by atoms with E-state index in [1.165, 1.54) is 0 Å². The number of aromatic nitrogens is 4. The molecule has 1 saturated carbocycles. The summed E-state index contributed by atoms with van der Waals surface area (Å²) in [5.74, 6) is 0.328. The number of methoxy groups -OCH3 is 1. The van der Waals surface area contributed by atoms with Crippen LogP contribution < -0.4 is 5.32 Å². The van der Waals surface area contributed by atoms with Gasteiger partial charge < -0.3 is 14.8 Å². The number of ether oxygens (including phenoxy) is 2. The number of hydrogen-bond donors (Lipinski definition) is 1. The van der Waals surface area contributed by atoms with Gasteiger partial charge in [-0.3, -0.25) is 0 Å². The Morgan fingerprint density at radius 1 is 1.24 bits per heavy atom. The van der Waals surface area contributed by atoms with Crippen molar-refractivity contribution in [3.05, 3.63) is 40.3 Å². The Labute approximate surface area is 202 Å². The van der Waals surface area contributed by atoms with Crippen molar-refractivity contribution < 1.29 is 14.3 Å². The van der Waals surface area contributed by atoms with Crippen LogP contribution in [0.4, 0.5) is 5.69 Å². The lowest BCUT2D eigenvalue weighted by Gasteiger charge is -2.29. The molecule has 0 radical (unpaired) electrons. The van der Waals surface area contributed by atoms with E-state index in [0.717, 1.165) is 42.5 Å². The summed E-state index contributed by atoms with van der Waals surface area (Å²) in [6.45, 7) is 6.28. The summed E-state index contributed by atoms with van der Waals surface area (Å²) in [5, 5.41) is 9.49. The maximum atomic E-state index is 12.7. The summed E-state index contributed by atoms with van der Waals surface area (Å²) in [6, 6.07) is 7.72. The van der Waals surface area contributed by atoms with E-state index >= 15 is 0 Å². The Hall–Kier alpha value is -2.52. The summed E-state index contributed by atoms with van der Waals surface area (Å²) >= 11 is 3.44. The van der Waals surface area contributed by atoms with Crippen LogP contribution in [0.2, 0.25) is 0 Å².